The molecule has 218 valence electrons. The fourth-order valence-corrected chi connectivity index (χ4v) is 4.61. The van der Waals surface area contributed by atoms with Gasteiger partial charge in [-0.3, -0.25) is 4.79 Å². The lowest BCUT2D eigenvalue weighted by molar-refractivity contribution is -0.108. The Labute approximate surface area is 232 Å². The number of nitrogen functional groups attached to an aromatic ring is 1. The number of nitrogens with zero attached hydrogens (tertiary/aromatic N) is 2. The molecular weight excluding hydrogens is 501 g/mol. The largest absolute Gasteiger partial charge is 0.400 e. The van der Waals surface area contributed by atoms with Crippen LogP contribution in [0, 0.1) is 19.7 Å². The zero-order valence-corrected chi connectivity index (χ0v) is 23.8. The number of carbonyl (C=O) groups is 3. The van der Waals surface area contributed by atoms with Gasteiger partial charge in [0.25, 0.3) is 0 Å². The number of H-pyrrole nitrogens is 1. The van der Waals surface area contributed by atoms with Crippen LogP contribution < -0.4 is 11.5 Å². The van der Waals surface area contributed by atoms with Crippen LogP contribution in [0.25, 0.3) is 11.6 Å². The van der Waals surface area contributed by atoms with Crippen molar-refractivity contribution < 1.29 is 23.9 Å². The number of hydrogen-bond donors (Lipinski definition) is 4. The number of halogens is 1. The van der Waals surface area contributed by atoms with Crippen LogP contribution in [0.15, 0.2) is 18.2 Å². The summed E-state index contributed by atoms with van der Waals surface area (Å²) in [7, 11) is 1.00. The number of aliphatic hydroxyl groups is 1. The number of anilines is 1. The highest BCUT2D eigenvalue weighted by molar-refractivity contribution is 5.85. The summed E-state index contributed by atoms with van der Waals surface area (Å²) in [5, 5.41) is 7.00. The summed E-state index contributed by atoms with van der Waals surface area (Å²) < 4.78 is 13.7. The van der Waals surface area contributed by atoms with E-state index in [2.05, 4.69) is 40.4 Å². The summed E-state index contributed by atoms with van der Waals surface area (Å²) in [4.78, 5) is 35.6. The van der Waals surface area contributed by atoms with E-state index in [-0.39, 0.29) is 12.2 Å². The van der Waals surface area contributed by atoms with Crippen molar-refractivity contribution in [2.24, 2.45) is 5.73 Å². The maximum atomic E-state index is 13.7. The number of aliphatic hydroxyl groups excluding tert-OH is 1. The molecule has 1 aliphatic rings. The molecule has 0 radical (unpaired) electrons. The van der Waals surface area contributed by atoms with E-state index in [1.54, 1.807) is 6.07 Å². The van der Waals surface area contributed by atoms with Gasteiger partial charge < -0.3 is 40.9 Å². The van der Waals surface area contributed by atoms with E-state index < -0.39 is 0 Å². The third-order valence-corrected chi connectivity index (χ3v) is 6.59. The van der Waals surface area contributed by atoms with Gasteiger partial charge in [-0.15, -0.1) is 0 Å². The van der Waals surface area contributed by atoms with E-state index >= 15 is 0 Å². The van der Waals surface area contributed by atoms with E-state index in [0.717, 1.165) is 88.8 Å². The Morgan fingerprint density at radius 3 is 2.15 bits per heavy atom. The Balaban J connectivity index is 0.00000189. The van der Waals surface area contributed by atoms with Gasteiger partial charge in [-0.2, -0.15) is 0 Å². The molecule has 0 bridgehead atoms. The summed E-state index contributed by atoms with van der Waals surface area (Å²) in [5.74, 6) is -0.274. The van der Waals surface area contributed by atoms with Crippen LogP contribution in [-0.4, -0.2) is 85.8 Å². The molecule has 0 spiro atoms. The number of nitrogens with two attached hydrogens (primary N) is 2. The van der Waals surface area contributed by atoms with Crippen LogP contribution in [0.5, 0.6) is 0 Å². The van der Waals surface area contributed by atoms with Gasteiger partial charge in [-0.05, 0) is 94.1 Å². The number of unbranched alkanes of at least 4 members (excludes halogenated alkanes) is 1. The standard InChI is InChI=1S/C26H37FN4O.CH3NO.CH4O.CH2O/c1-19(24-18-22(27)8-9-25(24)28)17-26-20(2)23(21(3)29-26)7-6-11-31-14-12-30(13-15-31)10-4-5-16-32;2-1-3;2*1-2/h8-9,16-18,29H,4-7,10-15,28H2,1-3H3;1H,(H2,2,3);2H,1H3;1H2/b19-17+;;;. The number of nitrogens with one attached hydrogen (secondary N) is 1. The molecule has 0 saturated carbocycles. The van der Waals surface area contributed by atoms with Gasteiger partial charge in [0.05, 0.1) is 0 Å². The molecule has 9 nitrogen and oxygen atoms in total. The number of hydrogen-bond acceptors (Lipinski definition) is 7. The molecule has 1 amide bonds. The van der Waals surface area contributed by atoms with E-state index in [4.69, 9.17) is 20.4 Å². The third-order valence-electron chi connectivity index (χ3n) is 6.59. The van der Waals surface area contributed by atoms with Gasteiger partial charge in [0, 0.05) is 62.3 Å². The maximum absolute atomic E-state index is 13.7. The smallest absolute Gasteiger partial charge is 0.204 e. The summed E-state index contributed by atoms with van der Waals surface area (Å²) >= 11 is 0. The molecule has 1 aromatic carbocycles. The Morgan fingerprint density at radius 1 is 1.08 bits per heavy atom. The molecule has 2 heterocycles. The van der Waals surface area contributed by atoms with Gasteiger partial charge in [-0.25, -0.2) is 4.39 Å². The minimum atomic E-state index is -0.274. The molecule has 39 heavy (non-hydrogen) atoms. The molecule has 3 rings (SSSR count). The fraction of sp³-hybridized carbons (Fsp3) is 0.483. The lowest BCUT2D eigenvalue weighted by Crippen LogP contribution is -2.46. The highest BCUT2D eigenvalue weighted by Crippen LogP contribution is 2.27. The Kier molecular flexibility index (Phi) is 18.8. The van der Waals surface area contributed by atoms with Gasteiger partial charge >= 0.3 is 0 Å². The van der Waals surface area contributed by atoms with Crippen molar-refractivity contribution >= 4 is 36.8 Å². The van der Waals surface area contributed by atoms with Crippen LogP contribution in [0.4, 0.5) is 10.1 Å². The number of rotatable bonds is 10. The van der Waals surface area contributed by atoms with E-state index in [1.165, 1.54) is 29.0 Å². The second-order valence-electron chi connectivity index (χ2n) is 9.06. The van der Waals surface area contributed by atoms with Crippen LogP contribution in [0.3, 0.4) is 0 Å². The van der Waals surface area contributed by atoms with Crippen molar-refractivity contribution in [1.29, 1.82) is 0 Å². The zero-order valence-electron chi connectivity index (χ0n) is 23.8. The second kappa shape index (κ2) is 20.6. The van der Waals surface area contributed by atoms with Crippen molar-refractivity contribution in [3.8, 4) is 0 Å². The first-order valence-corrected chi connectivity index (χ1v) is 13.0. The summed E-state index contributed by atoms with van der Waals surface area (Å²) in [6.07, 6.45) is 7.15. The number of piperazine rings is 1. The molecular formula is C29H46FN5O4. The van der Waals surface area contributed by atoms with Gasteiger partial charge in [0.2, 0.25) is 6.41 Å². The number of aldehydes is 1. The lowest BCUT2D eigenvalue weighted by atomic mass is 10.0. The Morgan fingerprint density at radius 2 is 1.62 bits per heavy atom. The minimum Gasteiger partial charge on any atom is -0.400 e. The average Bonchev–Trinajstić information content (AvgIpc) is 3.21. The predicted molar refractivity (Wildman–Crippen MR) is 157 cm³/mol. The third kappa shape index (κ3) is 12.4. The molecule has 0 aliphatic carbocycles. The number of aryl methyl sites for hydroxylation is 1. The van der Waals surface area contributed by atoms with Gasteiger partial charge in [0.1, 0.15) is 18.9 Å². The van der Waals surface area contributed by atoms with Crippen molar-refractivity contribution in [3.05, 3.63) is 52.1 Å². The fourth-order valence-electron chi connectivity index (χ4n) is 4.61. The Bertz CT molecular complexity index is 1020. The van der Waals surface area contributed by atoms with E-state index in [0.29, 0.717) is 12.1 Å². The number of aromatic nitrogens is 1. The van der Waals surface area contributed by atoms with Crippen LogP contribution in [-0.2, 0) is 20.8 Å². The predicted octanol–water partition coefficient (Wildman–Crippen LogP) is 2.97. The number of carbonyl (C=O) groups excluding carboxylic acids is 3. The number of primary amides is 1. The number of allylic oxidation sites excluding steroid dienone is 1. The van der Waals surface area contributed by atoms with Crippen molar-refractivity contribution in [2.75, 3.05) is 52.1 Å². The maximum Gasteiger partial charge on any atom is 0.204 e. The average molecular weight is 548 g/mol. The van der Waals surface area contributed by atoms with Crippen molar-refractivity contribution in [3.63, 3.8) is 0 Å². The monoisotopic (exact) mass is 547 g/mol. The molecule has 10 heteroatoms. The zero-order chi connectivity index (χ0) is 29.8. The first kappa shape index (κ1) is 35.7. The second-order valence-corrected chi connectivity index (χ2v) is 9.06. The molecule has 6 N–H and O–H groups in total. The first-order valence-electron chi connectivity index (χ1n) is 13.0. The van der Waals surface area contributed by atoms with Gasteiger partial charge in [0.15, 0.2) is 0 Å². The van der Waals surface area contributed by atoms with Crippen molar-refractivity contribution in [2.45, 2.75) is 46.5 Å². The van der Waals surface area contributed by atoms with Crippen LogP contribution >= 0.6 is 0 Å². The molecule has 0 unspecified atom stereocenters. The van der Waals surface area contributed by atoms with Crippen LogP contribution in [0.2, 0.25) is 0 Å². The van der Waals surface area contributed by atoms with Crippen molar-refractivity contribution in [1.82, 2.24) is 14.8 Å². The SMILES string of the molecule is C/C(=C\c1[nH]c(C)c(CCCN2CCN(CCCC=O)CC2)c1C)c1cc(F)ccc1N.C=O.CO.NC=O. The highest BCUT2D eigenvalue weighted by Gasteiger charge is 2.17. The molecule has 1 fully saturated rings. The molecule has 0 atom stereocenters. The molecule has 1 saturated heterocycles. The first-order chi connectivity index (χ1) is 18.8. The van der Waals surface area contributed by atoms with E-state index in [9.17, 15) is 9.18 Å². The number of aromatic amines is 1. The highest BCUT2D eigenvalue weighted by atomic mass is 19.1. The van der Waals surface area contributed by atoms with Gasteiger partial charge in [-0.1, -0.05) is 0 Å². The van der Waals surface area contributed by atoms with Crippen LogP contribution in [0.1, 0.15) is 54.3 Å². The summed E-state index contributed by atoms with van der Waals surface area (Å²) in [5.41, 5.74) is 17.4. The normalized spacial score (nSPS) is 13.6. The number of amides is 1. The molecule has 1 aromatic heterocycles. The lowest BCUT2D eigenvalue weighted by Gasteiger charge is -2.34. The molecule has 2 aromatic rings. The quantitative estimate of drug-likeness (QED) is 0.203. The topological polar surface area (TPSA) is 146 Å². The number of benzene rings is 1. The summed E-state index contributed by atoms with van der Waals surface area (Å²) in [6.45, 7) is 14.8. The molecule has 1 aliphatic heterocycles. The summed E-state index contributed by atoms with van der Waals surface area (Å²) in [6, 6.07) is 4.50. The van der Waals surface area contributed by atoms with E-state index in [1.807, 2.05) is 13.7 Å². The minimum absolute atomic E-state index is 0.250. The Hall–Kier alpha value is -3.34.